The molecular weight excluding hydrogens is 330 g/mol. The lowest BCUT2D eigenvalue weighted by Crippen LogP contribution is -2.34. The fourth-order valence-electron chi connectivity index (χ4n) is 2.32. The van der Waals surface area contributed by atoms with Gasteiger partial charge in [0.15, 0.2) is 4.90 Å². The van der Waals surface area contributed by atoms with Gasteiger partial charge in [-0.25, -0.2) is 8.42 Å². The minimum Gasteiger partial charge on any atom is -0.315 e. The Labute approximate surface area is 136 Å². The fraction of sp³-hybridized carbons (Fsp3) is 0.538. The molecule has 2 rings (SSSR count). The monoisotopic (exact) mass is 349 g/mol. The topological polar surface area (TPSA) is 92.5 Å². The molecule has 9 heteroatoms. The molecule has 7 nitrogen and oxygen atoms in total. The standard InChI is InChI=1S/C13H19N3O4S.ClH/c1-10-8-12(16(17)18)13(9-11(10)2)21(19,20)15-6-3-4-14-5-7-15;/h8-9,14H,3-7H2,1-2H3;1H. The molecule has 0 aliphatic carbocycles. The molecule has 1 N–H and O–H groups in total. The van der Waals surface area contributed by atoms with Gasteiger partial charge in [0.2, 0.25) is 10.0 Å². The molecule has 0 amide bonds. The van der Waals surface area contributed by atoms with Gasteiger partial charge in [-0.1, -0.05) is 0 Å². The van der Waals surface area contributed by atoms with E-state index >= 15 is 0 Å². The molecule has 1 aromatic carbocycles. The maximum absolute atomic E-state index is 12.7. The Morgan fingerprint density at radius 3 is 2.45 bits per heavy atom. The molecule has 0 aromatic heterocycles. The van der Waals surface area contributed by atoms with Crippen LogP contribution in [0.25, 0.3) is 0 Å². The predicted octanol–water partition coefficient (Wildman–Crippen LogP) is 1.62. The molecule has 22 heavy (non-hydrogen) atoms. The molecule has 1 aliphatic rings. The van der Waals surface area contributed by atoms with Gasteiger partial charge in [-0.3, -0.25) is 10.1 Å². The maximum atomic E-state index is 12.7. The largest absolute Gasteiger partial charge is 0.315 e. The quantitative estimate of drug-likeness (QED) is 0.661. The number of rotatable bonds is 3. The minimum atomic E-state index is -3.85. The Bertz CT molecular complexity index is 655. The molecule has 0 saturated carbocycles. The van der Waals surface area contributed by atoms with Crippen LogP contribution in [0, 0.1) is 24.0 Å². The van der Waals surface area contributed by atoms with Crippen molar-refractivity contribution in [2.45, 2.75) is 25.2 Å². The molecule has 0 spiro atoms. The Morgan fingerprint density at radius 1 is 1.18 bits per heavy atom. The normalized spacial score (nSPS) is 16.6. The summed E-state index contributed by atoms with van der Waals surface area (Å²) in [4.78, 5) is 10.4. The summed E-state index contributed by atoms with van der Waals surface area (Å²) in [5, 5.41) is 14.3. The molecule has 0 atom stereocenters. The zero-order valence-corrected chi connectivity index (χ0v) is 14.2. The van der Waals surface area contributed by atoms with Crippen molar-refractivity contribution in [1.29, 1.82) is 0 Å². The number of nitro groups is 1. The van der Waals surface area contributed by atoms with Gasteiger partial charge in [0.25, 0.3) is 5.69 Å². The Kier molecular flexibility index (Phi) is 6.30. The lowest BCUT2D eigenvalue weighted by atomic mass is 10.1. The summed E-state index contributed by atoms with van der Waals surface area (Å²) in [6.45, 7) is 5.49. The smallest absolute Gasteiger partial charge is 0.289 e. The van der Waals surface area contributed by atoms with Crippen LogP contribution >= 0.6 is 12.4 Å². The number of nitrogens with zero attached hydrogens (tertiary/aromatic N) is 2. The van der Waals surface area contributed by atoms with Gasteiger partial charge >= 0.3 is 0 Å². The first kappa shape index (κ1) is 18.8. The molecule has 1 heterocycles. The second kappa shape index (κ2) is 7.36. The second-order valence-electron chi connectivity index (χ2n) is 5.17. The summed E-state index contributed by atoms with van der Waals surface area (Å²) in [5.74, 6) is 0. The van der Waals surface area contributed by atoms with Crippen molar-refractivity contribution in [3.63, 3.8) is 0 Å². The molecule has 0 bridgehead atoms. The van der Waals surface area contributed by atoms with E-state index in [2.05, 4.69) is 5.32 Å². The zero-order chi connectivity index (χ0) is 15.6. The molecule has 1 aliphatic heterocycles. The van der Waals surface area contributed by atoms with Crippen LogP contribution in [-0.2, 0) is 10.0 Å². The van der Waals surface area contributed by atoms with Crippen LogP contribution in [0.1, 0.15) is 17.5 Å². The number of aryl methyl sites for hydroxylation is 2. The van der Waals surface area contributed by atoms with E-state index < -0.39 is 14.9 Å². The predicted molar refractivity (Wildman–Crippen MR) is 86.1 cm³/mol. The second-order valence-corrected chi connectivity index (χ2v) is 7.08. The molecule has 0 radical (unpaired) electrons. The molecule has 1 aromatic rings. The number of sulfonamides is 1. The summed E-state index contributed by atoms with van der Waals surface area (Å²) in [6, 6.07) is 2.74. The minimum absolute atomic E-state index is 0. The highest BCUT2D eigenvalue weighted by molar-refractivity contribution is 7.89. The van der Waals surface area contributed by atoms with Crippen LogP contribution < -0.4 is 5.32 Å². The number of halogens is 1. The van der Waals surface area contributed by atoms with Gasteiger partial charge in [0.05, 0.1) is 4.92 Å². The lowest BCUT2D eigenvalue weighted by molar-refractivity contribution is -0.387. The first-order valence-corrected chi connectivity index (χ1v) is 8.24. The van der Waals surface area contributed by atoms with E-state index in [1.807, 2.05) is 0 Å². The first-order chi connectivity index (χ1) is 9.84. The third kappa shape index (κ3) is 3.75. The Balaban J connectivity index is 0.00000242. The third-order valence-corrected chi connectivity index (χ3v) is 5.62. The van der Waals surface area contributed by atoms with Crippen molar-refractivity contribution in [3.05, 3.63) is 33.4 Å². The number of nitro benzene ring substituents is 1. The van der Waals surface area contributed by atoms with Gasteiger partial charge in [-0.15, -0.1) is 12.4 Å². The first-order valence-electron chi connectivity index (χ1n) is 6.80. The van der Waals surface area contributed by atoms with Gasteiger partial charge in [-0.05, 0) is 44.0 Å². The van der Waals surface area contributed by atoms with E-state index in [0.717, 1.165) is 12.1 Å². The summed E-state index contributed by atoms with van der Waals surface area (Å²) >= 11 is 0. The summed E-state index contributed by atoms with van der Waals surface area (Å²) in [5.41, 5.74) is 1.08. The number of hydrogen-bond acceptors (Lipinski definition) is 5. The molecule has 1 fully saturated rings. The van der Waals surface area contributed by atoms with E-state index in [-0.39, 0.29) is 23.0 Å². The van der Waals surface area contributed by atoms with Crippen LogP contribution in [-0.4, -0.2) is 43.8 Å². The van der Waals surface area contributed by atoms with E-state index in [4.69, 9.17) is 0 Å². The van der Waals surface area contributed by atoms with Crippen molar-refractivity contribution in [1.82, 2.24) is 9.62 Å². The molecule has 124 valence electrons. The number of benzene rings is 1. The average molecular weight is 350 g/mol. The highest BCUT2D eigenvalue weighted by Crippen LogP contribution is 2.29. The summed E-state index contributed by atoms with van der Waals surface area (Å²) in [6.07, 6.45) is 0.692. The SMILES string of the molecule is Cc1cc([N+](=O)[O-])c(S(=O)(=O)N2CCCNCC2)cc1C.Cl. The van der Waals surface area contributed by atoms with E-state index in [1.54, 1.807) is 13.8 Å². The van der Waals surface area contributed by atoms with Gasteiger partial charge in [0.1, 0.15) is 0 Å². The number of hydrogen-bond donors (Lipinski definition) is 1. The van der Waals surface area contributed by atoms with Crippen molar-refractivity contribution in [2.24, 2.45) is 0 Å². The van der Waals surface area contributed by atoms with Crippen LogP contribution in [0.4, 0.5) is 5.69 Å². The summed E-state index contributed by atoms with van der Waals surface area (Å²) < 4.78 is 26.8. The van der Waals surface area contributed by atoms with E-state index in [1.165, 1.54) is 16.4 Å². The van der Waals surface area contributed by atoms with Crippen molar-refractivity contribution < 1.29 is 13.3 Å². The Morgan fingerprint density at radius 2 is 1.82 bits per heavy atom. The maximum Gasteiger partial charge on any atom is 0.289 e. The van der Waals surface area contributed by atoms with Gasteiger partial charge in [-0.2, -0.15) is 4.31 Å². The molecular formula is C13H20ClN3O4S. The highest BCUT2D eigenvalue weighted by atomic mass is 35.5. The molecule has 1 saturated heterocycles. The number of nitrogens with one attached hydrogen (secondary N) is 1. The highest BCUT2D eigenvalue weighted by Gasteiger charge is 2.32. The average Bonchev–Trinajstić information content (AvgIpc) is 2.70. The van der Waals surface area contributed by atoms with E-state index in [0.29, 0.717) is 31.6 Å². The van der Waals surface area contributed by atoms with Gasteiger partial charge in [0, 0.05) is 25.7 Å². The van der Waals surface area contributed by atoms with Crippen molar-refractivity contribution >= 4 is 28.1 Å². The van der Waals surface area contributed by atoms with Crippen LogP contribution in [0.5, 0.6) is 0 Å². The zero-order valence-electron chi connectivity index (χ0n) is 12.5. The fourth-order valence-corrected chi connectivity index (χ4v) is 4.03. The van der Waals surface area contributed by atoms with Crippen LogP contribution in [0.3, 0.4) is 0 Å². The Hall–Kier alpha value is -1.22. The van der Waals surface area contributed by atoms with Crippen LogP contribution in [0.2, 0.25) is 0 Å². The summed E-state index contributed by atoms with van der Waals surface area (Å²) in [7, 11) is -3.85. The van der Waals surface area contributed by atoms with Gasteiger partial charge < -0.3 is 5.32 Å². The van der Waals surface area contributed by atoms with Crippen molar-refractivity contribution in [3.8, 4) is 0 Å². The molecule has 0 unspecified atom stereocenters. The van der Waals surface area contributed by atoms with Crippen molar-refractivity contribution in [2.75, 3.05) is 26.2 Å². The lowest BCUT2D eigenvalue weighted by Gasteiger charge is -2.20. The van der Waals surface area contributed by atoms with E-state index in [9.17, 15) is 18.5 Å². The van der Waals surface area contributed by atoms with Crippen LogP contribution in [0.15, 0.2) is 17.0 Å². The third-order valence-electron chi connectivity index (χ3n) is 3.69.